The number of thiophene rings is 1. The highest BCUT2D eigenvalue weighted by atomic mass is 32.1. The highest BCUT2D eigenvalue weighted by molar-refractivity contribution is 7.10. The Morgan fingerprint density at radius 1 is 1.48 bits per heavy atom. The van der Waals surface area contributed by atoms with Gasteiger partial charge in [0, 0.05) is 24.7 Å². The van der Waals surface area contributed by atoms with Gasteiger partial charge in [-0.15, -0.1) is 16.4 Å². The Labute approximate surface area is 137 Å². The van der Waals surface area contributed by atoms with E-state index in [2.05, 4.69) is 10.4 Å². The van der Waals surface area contributed by atoms with Crippen molar-refractivity contribution in [2.24, 2.45) is 7.05 Å². The molecule has 7 heteroatoms. The SMILES string of the molecule is COc1nn(C)cc1C(=O)NC[C@@H](c1ccco1)c1cccs1. The lowest BCUT2D eigenvalue weighted by Gasteiger charge is -2.14. The van der Waals surface area contributed by atoms with Crippen LogP contribution in [0.3, 0.4) is 0 Å². The van der Waals surface area contributed by atoms with Crippen molar-refractivity contribution in [1.82, 2.24) is 15.1 Å². The second-order valence-electron chi connectivity index (χ2n) is 5.02. The van der Waals surface area contributed by atoms with E-state index in [9.17, 15) is 4.79 Å². The van der Waals surface area contributed by atoms with Crippen LogP contribution >= 0.6 is 11.3 Å². The van der Waals surface area contributed by atoms with Gasteiger partial charge in [0.1, 0.15) is 11.3 Å². The fraction of sp³-hybridized carbons (Fsp3) is 0.250. The number of hydrogen-bond donors (Lipinski definition) is 1. The van der Waals surface area contributed by atoms with E-state index < -0.39 is 0 Å². The van der Waals surface area contributed by atoms with E-state index in [1.165, 1.54) is 7.11 Å². The summed E-state index contributed by atoms with van der Waals surface area (Å²) in [7, 11) is 3.24. The summed E-state index contributed by atoms with van der Waals surface area (Å²) in [5.74, 6) is 0.904. The number of hydrogen-bond acceptors (Lipinski definition) is 5. The standard InChI is InChI=1S/C16H17N3O3S/c1-19-10-12(16(18-19)21-2)15(20)17-9-11(13-5-3-7-22-13)14-6-4-8-23-14/h3-8,10-11H,9H2,1-2H3,(H,17,20)/t11-/m0/s1. The summed E-state index contributed by atoms with van der Waals surface area (Å²) in [6.45, 7) is 0.435. The molecule has 0 fully saturated rings. The summed E-state index contributed by atoms with van der Waals surface area (Å²) in [6, 6.07) is 7.79. The maximum atomic E-state index is 12.4. The lowest BCUT2D eigenvalue weighted by atomic mass is 10.0. The topological polar surface area (TPSA) is 69.3 Å². The maximum absolute atomic E-state index is 12.4. The summed E-state index contributed by atoms with van der Waals surface area (Å²) < 4.78 is 12.2. The van der Waals surface area contributed by atoms with Gasteiger partial charge in [-0.25, -0.2) is 0 Å². The molecule has 0 radical (unpaired) electrons. The van der Waals surface area contributed by atoms with Gasteiger partial charge in [0.2, 0.25) is 5.88 Å². The third kappa shape index (κ3) is 3.29. The van der Waals surface area contributed by atoms with Crippen molar-refractivity contribution >= 4 is 17.2 Å². The van der Waals surface area contributed by atoms with E-state index in [4.69, 9.17) is 9.15 Å². The van der Waals surface area contributed by atoms with Crippen LogP contribution in [-0.2, 0) is 7.05 Å². The van der Waals surface area contributed by atoms with Crippen LogP contribution in [0, 0.1) is 0 Å². The van der Waals surface area contributed by atoms with Crippen molar-refractivity contribution in [2.75, 3.05) is 13.7 Å². The Morgan fingerprint density at radius 3 is 3.00 bits per heavy atom. The smallest absolute Gasteiger partial charge is 0.258 e. The Hall–Kier alpha value is -2.54. The molecule has 0 spiro atoms. The van der Waals surface area contributed by atoms with Crippen LogP contribution in [0.2, 0.25) is 0 Å². The third-order valence-electron chi connectivity index (χ3n) is 3.47. The van der Waals surface area contributed by atoms with Crippen LogP contribution in [0.25, 0.3) is 0 Å². The van der Waals surface area contributed by atoms with E-state index in [1.54, 1.807) is 35.5 Å². The van der Waals surface area contributed by atoms with Gasteiger partial charge < -0.3 is 14.5 Å². The first-order valence-corrected chi connectivity index (χ1v) is 7.99. The average molecular weight is 331 g/mol. The Balaban J connectivity index is 1.75. The van der Waals surface area contributed by atoms with Gasteiger partial charge in [-0.2, -0.15) is 0 Å². The van der Waals surface area contributed by atoms with Crippen molar-refractivity contribution in [3.63, 3.8) is 0 Å². The molecule has 120 valence electrons. The van der Waals surface area contributed by atoms with Gasteiger partial charge in [0.25, 0.3) is 5.91 Å². The summed E-state index contributed by atoms with van der Waals surface area (Å²) >= 11 is 1.64. The van der Waals surface area contributed by atoms with Crippen molar-refractivity contribution in [1.29, 1.82) is 0 Å². The largest absolute Gasteiger partial charge is 0.479 e. The Kier molecular flexibility index (Phi) is 4.47. The number of rotatable bonds is 6. The van der Waals surface area contributed by atoms with E-state index in [0.717, 1.165) is 10.6 Å². The van der Waals surface area contributed by atoms with E-state index in [-0.39, 0.29) is 11.8 Å². The Morgan fingerprint density at radius 2 is 2.35 bits per heavy atom. The molecule has 3 heterocycles. The minimum atomic E-state index is -0.219. The van der Waals surface area contributed by atoms with Crippen LogP contribution in [0.1, 0.15) is 26.9 Å². The number of aromatic nitrogens is 2. The summed E-state index contributed by atoms with van der Waals surface area (Å²) in [5.41, 5.74) is 0.416. The first-order valence-electron chi connectivity index (χ1n) is 7.11. The molecule has 0 aromatic carbocycles. The van der Waals surface area contributed by atoms with Crippen LogP contribution < -0.4 is 10.1 Å². The molecule has 0 unspecified atom stereocenters. The van der Waals surface area contributed by atoms with Crippen LogP contribution in [0.4, 0.5) is 0 Å². The fourth-order valence-corrected chi connectivity index (χ4v) is 3.22. The number of amides is 1. The lowest BCUT2D eigenvalue weighted by molar-refractivity contribution is 0.0949. The first kappa shape index (κ1) is 15.4. The second kappa shape index (κ2) is 6.70. The van der Waals surface area contributed by atoms with Crippen molar-refractivity contribution in [3.8, 4) is 5.88 Å². The number of aryl methyl sites for hydroxylation is 1. The van der Waals surface area contributed by atoms with E-state index in [0.29, 0.717) is 18.0 Å². The molecule has 0 saturated carbocycles. The molecule has 6 nitrogen and oxygen atoms in total. The predicted molar refractivity (Wildman–Crippen MR) is 87.0 cm³/mol. The molecular formula is C16H17N3O3S. The number of nitrogens with zero attached hydrogens (tertiary/aromatic N) is 2. The number of ether oxygens (including phenoxy) is 1. The highest BCUT2D eigenvalue weighted by Crippen LogP contribution is 2.28. The summed E-state index contributed by atoms with van der Waals surface area (Å²) in [5, 5.41) is 9.04. The molecule has 3 aromatic heterocycles. The maximum Gasteiger partial charge on any atom is 0.258 e. The molecule has 0 aliphatic heterocycles. The minimum absolute atomic E-state index is 0.0170. The van der Waals surface area contributed by atoms with Gasteiger partial charge in [0.05, 0.1) is 19.3 Å². The van der Waals surface area contributed by atoms with Crippen molar-refractivity contribution in [3.05, 3.63) is 58.3 Å². The fourth-order valence-electron chi connectivity index (χ4n) is 2.39. The summed E-state index contributed by atoms with van der Waals surface area (Å²) in [4.78, 5) is 13.5. The molecule has 0 aliphatic rings. The summed E-state index contributed by atoms with van der Waals surface area (Å²) in [6.07, 6.45) is 3.28. The monoisotopic (exact) mass is 331 g/mol. The molecular weight excluding hydrogens is 314 g/mol. The van der Waals surface area contributed by atoms with E-state index >= 15 is 0 Å². The van der Waals surface area contributed by atoms with E-state index in [1.807, 2.05) is 29.6 Å². The molecule has 3 rings (SSSR count). The minimum Gasteiger partial charge on any atom is -0.479 e. The zero-order valence-corrected chi connectivity index (χ0v) is 13.7. The quantitative estimate of drug-likeness (QED) is 0.754. The van der Waals surface area contributed by atoms with Gasteiger partial charge in [-0.05, 0) is 23.6 Å². The first-order chi connectivity index (χ1) is 11.2. The predicted octanol–water partition coefficient (Wildman–Crippen LogP) is 2.65. The lowest BCUT2D eigenvalue weighted by Crippen LogP contribution is -2.28. The average Bonchev–Trinajstić information content (AvgIpc) is 3.28. The van der Waals surface area contributed by atoms with Crippen molar-refractivity contribution < 1.29 is 13.9 Å². The van der Waals surface area contributed by atoms with Crippen LogP contribution in [0.15, 0.2) is 46.5 Å². The number of furan rings is 1. The third-order valence-corrected chi connectivity index (χ3v) is 4.46. The molecule has 3 aromatic rings. The molecule has 1 N–H and O–H groups in total. The molecule has 23 heavy (non-hydrogen) atoms. The normalized spacial score (nSPS) is 12.1. The molecule has 1 atom stereocenters. The van der Waals surface area contributed by atoms with Gasteiger partial charge in [-0.3, -0.25) is 9.48 Å². The Bertz CT molecular complexity index is 728. The molecule has 0 bridgehead atoms. The van der Waals surface area contributed by atoms with Crippen LogP contribution in [-0.4, -0.2) is 29.3 Å². The number of nitrogens with one attached hydrogen (secondary N) is 1. The zero-order valence-electron chi connectivity index (χ0n) is 12.9. The molecule has 0 saturated heterocycles. The zero-order chi connectivity index (χ0) is 16.2. The van der Waals surface area contributed by atoms with Gasteiger partial charge in [0.15, 0.2) is 0 Å². The molecule has 0 aliphatic carbocycles. The number of methoxy groups -OCH3 is 1. The number of carbonyl (C=O) groups is 1. The van der Waals surface area contributed by atoms with Crippen molar-refractivity contribution in [2.45, 2.75) is 5.92 Å². The van der Waals surface area contributed by atoms with Gasteiger partial charge in [-0.1, -0.05) is 6.07 Å². The van der Waals surface area contributed by atoms with Crippen LogP contribution in [0.5, 0.6) is 5.88 Å². The second-order valence-corrected chi connectivity index (χ2v) is 6.00. The van der Waals surface area contributed by atoms with Gasteiger partial charge >= 0.3 is 0 Å². The number of carbonyl (C=O) groups excluding carboxylic acids is 1. The highest BCUT2D eigenvalue weighted by Gasteiger charge is 2.21. The molecule has 1 amide bonds.